The van der Waals surface area contributed by atoms with Crippen molar-refractivity contribution in [1.29, 1.82) is 0 Å². The van der Waals surface area contributed by atoms with Gasteiger partial charge in [0.15, 0.2) is 6.04 Å². The van der Waals surface area contributed by atoms with E-state index in [-0.39, 0.29) is 6.04 Å². The first-order valence-corrected chi connectivity index (χ1v) is 3.20. The Morgan fingerprint density at radius 2 is 2.30 bits per heavy atom. The van der Waals surface area contributed by atoms with Crippen molar-refractivity contribution in [2.24, 2.45) is 0 Å². The van der Waals surface area contributed by atoms with Crippen LogP contribution in [0.15, 0.2) is 11.8 Å². The molecule has 0 fully saturated rings. The average Bonchev–Trinajstić information content (AvgIpc) is 1.87. The van der Waals surface area contributed by atoms with Gasteiger partial charge in [-0.3, -0.25) is 0 Å². The van der Waals surface area contributed by atoms with E-state index in [1.807, 2.05) is 31.5 Å². The molecular formula is C8H14N2+2. The molecule has 2 nitrogen and oxygen atoms in total. The van der Waals surface area contributed by atoms with Crippen molar-refractivity contribution in [3.63, 3.8) is 0 Å². The predicted octanol–water partition coefficient (Wildman–Crippen LogP) is 1.58. The molecule has 0 aliphatic rings. The van der Waals surface area contributed by atoms with Crippen molar-refractivity contribution in [2.45, 2.75) is 19.9 Å². The van der Waals surface area contributed by atoms with Crippen LogP contribution in [0.1, 0.15) is 13.8 Å². The van der Waals surface area contributed by atoms with Crippen LogP contribution in [0, 0.1) is 6.57 Å². The van der Waals surface area contributed by atoms with Crippen molar-refractivity contribution in [2.75, 3.05) is 7.05 Å². The maximum Gasteiger partial charge on any atom is 0.316 e. The molecule has 0 rings (SSSR count). The van der Waals surface area contributed by atoms with E-state index in [0.29, 0.717) is 0 Å². The summed E-state index contributed by atoms with van der Waals surface area (Å²) in [6, 6.07) is 0.285. The molecule has 10 heavy (non-hydrogen) atoms. The highest BCUT2D eigenvalue weighted by Crippen LogP contribution is 1.97. The van der Waals surface area contributed by atoms with Crippen LogP contribution in [0.25, 0.3) is 4.85 Å². The minimum Gasteiger partial charge on any atom is -0.239 e. The summed E-state index contributed by atoms with van der Waals surface area (Å²) in [6.45, 7) is 12.7. The molecule has 0 N–H and O–H groups in total. The summed E-state index contributed by atoms with van der Waals surface area (Å²) < 4.78 is 1.84. The van der Waals surface area contributed by atoms with Crippen LogP contribution in [0.4, 0.5) is 0 Å². The Morgan fingerprint density at radius 3 is 2.60 bits per heavy atom. The third-order valence-electron chi connectivity index (χ3n) is 1.38. The fourth-order valence-corrected chi connectivity index (χ4v) is 0.519. The van der Waals surface area contributed by atoms with E-state index in [1.54, 1.807) is 0 Å². The van der Waals surface area contributed by atoms with E-state index in [1.165, 1.54) is 0 Å². The number of nitrogens with zero attached hydrogens (tertiary/aromatic N) is 2. The quantitative estimate of drug-likeness (QED) is 0.404. The Morgan fingerprint density at radius 1 is 1.80 bits per heavy atom. The summed E-state index contributed by atoms with van der Waals surface area (Å²) in [7, 11) is 1.91. The number of allylic oxidation sites excluding steroid dienone is 1. The first-order chi connectivity index (χ1) is 4.57. The monoisotopic (exact) mass is 138 g/mol. The highest BCUT2D eigenvalue weighted by molar-refractivity contribution is 5.16. The lowest BCUT2D eigenvalue weighted by Crippen LogP contribution is -2.14. The molecule has 0 amide bonds. The fraction of sp³-hybridized carbons (Fsp3) is 0.500. The standard InChI is InChI=1S/C8H14N2/c1-7(9-3)6-8(2)10(4)5/h3,6,8H,4H2,1-2,5H3/q+2. The van der Waals surface area contributed by atoms with Crippen LogP contribution < -0.4 is 0 Å². The van der Waals surface area contributed by atoms with Gasteiger partial charge >= 0.3 is 5.70 Å². The first kappa shape index (κ1) is 8.90. The third kappa shape index (κ3) is 3.03. The normalized spacial score (nSPS) is 14.0. The topological polar surface area (TPSA) is 7.37 Å². The summed E-state index contributed by atoms with van der Waals surface area (Å²) in [6.07, 6.45) is 1.95. The zero-order chi connectivity index (χ0) is 8.15. The van der Waals surface area contributed by atoms with Crippen LogP contribution in [0.5, 0.6) is 0 Å². The lowest BCUT2D eigenvalue weighted by Gasteiger charge is -1.96. The lowest BCUT2D eigenvalue weighted by atomic mass is 10.3. The minimum atomic E-state index is 0.285. The number of likely N-dealkylation sites (N-methyl/N-ethyl adjacent to an activating group) is 1. The fourth-order valence-electron chi connectivity index (χ4n) is 0.519. The van der Waals surface area contributed by atoms with Crippen molar-refractivity contribution >= 4 is 6.72 Å². The highest BCUT2D eigenvalue weighted by atomic mass is 15.0. The van der Waals surface area contributed by atoms with Crippen LogP contribution in [0.3, 0.4) is 0 Å². The first-order valence-electron chi connectivity index (χ1n) is 3.20. The molecule has 54 valence electrons. The summed E-state index contributed by atoms with van der Waals surface area (Å²) in [4.78, 5) is 3.52. The maximum atomic E-state index is 5.04. The molecule has 0 spiro atoms. The molecule has 1 unspecified atom stereocenters. The van der Waals surface area contributed by atoms with Crippen LogP contribution >= 0.6 is 0 Å². The summed E-state index contributed by atoms with van der Waals surface area (Å²) >= 11 is 0. The SMILES string of the molecule is C#[N+]C(C)=CC(C)[N+](=C)C. The molecular weight excluding hydrogens is 124 g/mol. The van der Waals surface area contributed by atoms with Crippen molar-refractivity contribution in [3.05, 3.63) is 16.6 Å². The van der Waals surface area contributed by atoms with E-state index in [2.05, 4.69) is 11.6 Å². The number of hydrogen-bond donors (Lipinski definition) is 0. The van der Waals surface area contributed by atoms with Gasteiger partial charge in [0, 0.05) is 13.8 Å². The second-order valence-electron chi connectivity index (χ2n) is 2.43. The number of hydrogen-bond acceptors (Lipinski definition) is 0. The van der Waals surface area contributed by atoms with E-state index in [9.17, 15) is 0 Å². The minimum absolute atomic E-state index is 0.285. The zero-order valence-corrected chi connectivity index (χ0v) is 6.83. The van der Waals surface area contributed by atoms with Gasteiger partial charge in [-0.2, -0.15) is 0 Å². The molecule has 0 aliphatic carbocycles. The molecule has 1 atom stereocenters. The van der Waals surface area contributed by atoms with Gasteiger partial charge in [-0.05, 0) is 4.85 Å². The van der Waals surface area contributed by atoms with Crippen LogP contribution in [0.2, 0.25) is 0 Å². The smallest absolute Gasteiger partial charge is 0.239 e. The van der Waals surface area contributed by atoms with Gasteiger partial charge in [-0.1, -0.05) is 0 Å². The summed E-state index contributed by atoms with van der Waals surface area (Å²) in [5.41, 5.74) is 0.836. The van der Waals surface area contributed by atoms with E-state index < -0.39 is 0 Å². The molecule has 0 aromatic heterocycles. The molecule has 0 bridgehead atoms. The highest BCUT2D eigenvalue weighted by Gasteiger charge is 2.07. The molecule has 0 aromatic carbocycles. The Balaban J connectivity index is 4.16. The van der Waals surface area contributed by atoms with E-state index in [0.717, 1.165) is 5.70 Å². The van der Waals surface area contributed by atoms with Crippen LogP contribution in [-0.2, 0) is 0 Å². The molecule has 2 heteroatoms. The van der Waals surface area contributed by atoms with Gasteiger partial charge in [-0.25, -0.2) is 4.58 Å². The molecule has 0 heterocycles. The average molecular weight is 138 g/mol. The van der Waals surface area contributed by atoms with Crippen LogP contribution in [-0.4, -0.2) is 24.4 Å². The predicted molar refractivity (Wildman–Crippen MR) is 44.8 cm³/mol. The Hall–Kier alpha value is -1.10. The maximum absolute atomic E-state index is 5.04. The van der Waals surface area contributed by atoms with Gasteiger partial charge in [0.25, 0.3) is 6.57 Å². The van der Waals surface area contributed by atoms with Gasteiger partial charge < -0.3 is 0 Å². The Labute approximate surface area is 62.3 Å². The van der Waals surface area contributed by atoms with Gasteiger partial charge in [0.1, 0.15) is 13.8 Å². The zero-order valence-electron chi connectivity index (χ0n) is 6.83. The van der Waals surface area contributed by atoms with Gasteiger partial charge in [-0.15, -0.1) is 0 Å². The second-order valence-corrected chi connectivity index (χ2v) is 2.43. The van der Waals surface area contributed by atoms with Crippen molar-refractivity contribution in [1.82, 2.24) is 0 Å². The van der Waals surface area contributed by atoms with E-state index in [4.69, 9.17) is 6.57 Å². The van der Waals surface area contributed by atoms with Gasteiger partial charge in [0.05, 0.1) is 6.08 Å². The van der Waals surface area contributed by atoms with E-state index >= 15 is 0 Å². The van der Waals surface area contributed by atoms with Crippen molar-refractivity contribution < 1.29 is 4.58 Å². The van der Waals surface area contributed by atoms with Gasteiger partial charge in [0.2, 0.25) is 0 Å². The molecule has 0 aliphatic heterocycles. The third-order valence-corrected chi connectivity index (χ3v) is 1.38. The summed E-state index contributed by atoms with van der Waals surface area (Å²) in [5, 5.41) is 0. The largest absolute Gasteiger partial charge is 0.316 e. The Kier molecular flexibility index (Phi) is 3.42. The molecule has 0 radical (unpaired) electrons. The lowest BCUT2D eigenvalue weighted by molar-refractivity contribution is -0.513. The molecule has 0 aromatic rings. The summed E-state index contributed by atoms with van der Waals surface area (Å²) in [5.74, 6) is 0. The molecule has 0 saturated heterocycles. The Bertz CT molecular complexity index is 196. The second kappa shape index (κ2) is 3.84. The van der Waals surface area contributed by atoms with Crippen molar-refractivity contribution in [3.8, 4) is 6.57 Å². The number of rotatable bonds is 2. The molecule has 0 saturated carbocycles.